The molecule has 0 aliphatic carbocycles. The van der Waals surface area contributed by atoms with E-state index in [9.17, 15) is 17.6 Å². The van der Waals surface area contributed by atoms with Crippen LogP contribution in [0.3, 0.4) is 0 Å². The molecule has 0 bridgehead atoms. The summed E-state index contributed by atoms with van der Waals surface area (Å²) in [5, 5.41) is 0. The van der Waals surface area contributed by atoms with Gasteiger partial charge in [-0.2, -0.15) is 4.39 Å². The molecular weight excluding hydrogens is 396 g/mol. The van der Waals surface area contributed by atoms with Crippen LogP contribution in [-0.2, 0) is 4.74 Å². The summed E-state index contributed by atoms with van der Waals surface area (Å²) in [5.41, 5.74) is 1.66. The second-order valence-electron chi connectivity index (χ2n) is 7.36. The topological polar surface area (TPSA) is 18.5 Å². The second-order valence-corrected chi connectivity index (χ2v) is 7.36. The molecule has 1 aliphatic rings. The lowest BCUT2D eigenvalue weighted by molar-refractivity contribution is -0.00570. The van der Waals surface area contributed by atoms with E-state index in [4.69, 9.17) is 9.47 Å². The quantitative estimate of drug-likeness (QED) is 0.422. The van der Waals surface area contributed by atoms with Gasteiger partial charge in [0, 0.05) is 17.9 Å². The molecule has 6 heteroatoms. The molecule has 2 nitrogen and oxygen atoms in total. The molecule has 162 valence electrons. The summed E-state index contributed by atoms with van der Waals surface area (Å²) in [6.45, 7) is 1.84. The molecule has 0 amide bonds. The summed E-state index contributed by atoms with van der Waals surface area (Å²) in [5.74, 6) is -2.33. The van der Waals surface area contributed by atoms with Crippen LogP contribution in [0, 0.1) is 17.6 Å². The zero-order valence-electron chi connectivity index (χ0n) is 17.0. The molecule has 1 fully saturated rings. The number of alkyl halides is 1. The van der Waals surface area contributed by atoms with Crippen LogP contribution >= 0.6 is 0 Å². The van der Waals surface area contributed by atoms with Crippen LogP contribution in [0.4, 0.5) is 17.6 Å². The first kappa shape index (κ1) is 22.3. The zero-order valence-corrected chi connectivity index (χ0v) is 17.0. The third-order valence-corrected chi connectivity index (χ3v) is 5.22. The van der Waals surface area contributed by atoms with Crippen LogP contribution in [0.25, 0.3) is 11.1 Å². The van der Waals surface area contributed by atoms with Crippen molar-refractivity contribution < 1.29 is 27.0 Å². The molecule has 0 saturated carbocycles. The normalized spacial score (nSPS) is 19.7. The third-order valence-electron chi connectivity index (χ3n) is 5.22. The van der Waals surface area contributed by atoms with Crippen molar-refractivity contribution in [3.63, 3.8) is 0 Å². The summed E-state index contributed by atoms with van der Waals surface area (Å²) in [6.07, 6.45) is 3.24. The predicted octanol–water partition coefficient (Wildman–Crippen LogP) is 7.10. The highest BCUT2D eigenvalue weighted by Crippen LogP contribution is 2.34. The second kappa shape index (κ2) is 10.6. The van der Waals surface area contributed by atoms with E-state index >= 15 is 0 Å². The summed E-state index contributed by atoms with van der Waals surface area (Å²) >= 11 is 0. The van der Waals surface area contributed by atoms with Crippen LogP contribution in [-0.4, -0.2) is 19.9 Å². The number of allylic oxidation sites excluding steroid dienone is 1. The first-order chi connectivity index (χ1) is 14.5. The van der Waals surface area contributed by atoms with Crippen molar-refractivity contribution in [2.45, 2.75) is 38.7 Å². The van der Waals surface area contributed by atoms with Gasteiger partial charge < -0.3 is 9.47 Å². The van der Waals surface area contributed by atoms with Crippen molar-refractivity contribution in [3.05, 3.63) is 65.5 Å². The van der Waals surface area contributed by atoms with Gasteiger partial charge in [-0.25, -0.2) is 8.78 Å². The van der Waals surface area contributed by atoms with E-state index < -0.39 is 18.3 Å². The Hall–Kier alpha value is -2.34. The zero-order chi connectivity index (χ0) is 21.5. The van der Waals surface area contributed by atoms with Crippen LogP contribution in [0.15, 0.2) is 48.3 Å². The molecule has 3 rings (SSSR count). The van der Waals surface area contributed by atoms with E-state index in [-0.39, 0.29) is 48.6 Å². The minimum Gasteiger partial charge on any atom is -0.491 e. The Bertz CT molecular complexity index is 856. The number of hydrogen-bond donors (Lipinski definition) is 0. The van der Waals surface area contributed by atoms with E-state index in [1.54, 1.807) is 19.1 Å². The minimum absolute atomic E-state index is 0.0129. The van der Waals surface area contributed by atoms with Gasteiger partial charge in [-0.05, 0) is 55.5 Å². The maximum absolute atomic E-state index is 14.4. The molecule has 0 N–H and O–H groups in total. The van der Waals surface area contributed by atoms with Crippen molar-refractivity contribution in [1.82, 2.24) is 0 Å². The van der Waals surface area contributed by atoms with Gasteiger partial charge in [0.2, 0.25) is 5.82 Å². The molecule has 30 heavy (non-hydrogen) atoms. The van der Waals surface area contributed by atoms with E-state index in [1.807, 2.05) is 12.1 Å². The molecule has 0 spiro atoms. The van der Waals surface area contributed by atoms with Crippen molar-refractivity contribution in [2.75, 3.05) is 19.9 Å². The average Bonchev–Trinajstić information content (AvgIpc) is 2.76. The maximum Gasteiger partial charge on any atom is 0.201 e. The lowest BCUT2D eigenvalue weighted by Crippen LogP contribution is -2.19. The fourth-order valence-corrected chi connectivity index (χ4v) is 3.64. The largest absolute Gasteiger partial charge is 0.491 e. The Kier molecular flexibility index (Phi) is 7.91. The van der Waals surface area contributed by atoms with E-state index in [0.717, 1.165) is 18.4 Å². The summed E-state index contributed by atoms with van der Waals surface area (Å²) in [6, 6.07) is 10.1. The van der Waals surface area contributed by atoms with Crippen LogP contribution in [0.5, 0.6) is 5.75 Å². The fourth-order valence-electron chi connectivity index (χ4n) is 3.64. The van der Waals surface area contributed by atoms with E-state index in [2.05, 4.69) is 0 Å². The smallest absolute Gasteiger partial charge is 0.201 e. The van der Waals surface area contributed by atoms with Gasteiger partial charge in [0.05, 0.1) is 31.8 Å². The van der Waals surface area contributed by atoms with E-state index in [0.29, 0.717) is 12.2 Å². The SMILES string of the molecule is CCOc1ccc(-c2ccc(C3CCC(/C=C(\F)CCCF)CO3)cc2)c(F)c1F. The highest BCUT2D eigenvalue weighted by Gasteiger charge is 2.23. The monoisotopic (exact) mass is 422 g/mol. The van der Waals surface area contributed by atoms with Gasteiger partial charge in [0.15, 0.2) is 11.6 Å². The number of benzene rings is 2. The Balaban J connectivity index is 1.64. The van der Waals surface area contributed by atoms with Gasteiger partial charge in [0.1, 0.15) is 0 Å². The van der Waals surface area contributed by atoms with Gasteiger partial charge in [-0.3, -0.25) is 4.39 Å². The Morgan fingerprint density at radius 1 is 1.10 bits per heavy atom. The molecule has 1 aliphatic heterocycles. The minimum atomic E-state index is -0.994. The highest BCUT2D eigenvalue weighted by atomic mass is 19.2. The van der Waals surface area contributed by atoms with Gasteiger partial charge in [0.25, 0.3) is 0 Å². The molecule has 1 heterocycles. The Morgan fingerprint density at radius 2 is 1.87 bits per heavy atom. The number of rotatable bonds is 8. The molecule has 0 radical (unpaired) electrons. The summed E-state index contributed by atoms with van der Waals surface area (Å²) < 4.78 is 65.3. The number of halogens is 4. The van der Waals surface area contributed by atoms with Gasteiger partial charge >= 0.3 is 0 Å². The van der Waals surface area contributed by atoms with Crippen LogP contribution in [0.1, 0.15) is 44.3 Å². The molecule has 2 unspecified atom stereocenters. The fraction of sp³-hybridized carbons (Fsp3) is 0.417. The van der Waals surface area contributed by atoms with Crippen molar-refractivity contribution in [3.8, 4) is 16.9 Å². The van der Waals surface area contributed by atoms with E-state index in [1.165, 1.54) is 18.2 Å². The number of ether oxygens (including phenoxy) is 2. The molecular formula is C24H26F4O2. The first-order valence-electron chi connectivity index (χ1n) is 10.3. The van der Waals surface area contributed by atoms with Crippen molar-refractivity contribution in [2.24, 2.45) is 5.92 Å². The Morgan fingerprint density at radius 3 is 2.50 bits per heavy atom. The molecule has 2 aromatic carbocycles. The lowest BCUT2D eigenvalue weighted by atomic mass is 9.93. The van der Waals surface area contributed by atoms with Gasteiger partial charge in [-0.15, -0.1) is 0 Å². The maximum atomic E-state index is 14.4. The number of hydrogen-bond acceptors (Lipinski definition) is 2. The first-order valence-corrected chi connectivity index (χ1v) is 10.3. The molecule has 2 atom stereocenters. The summed E-state index contributed by atoms with van der Waals surface area (Å²) in [4.78, 5) is 0. The Labute approximate surface area is 174 Å². The third kappa shape index (κ3) is 5.42. The van der Waals surface area contributed by atoms with Crippen molar-refractivity contribution >= 4 is 0 Å². The van der Waals surface area contributed by atoms with Gasteiger partial charge in [-0.1, -0.05) is 24.3 Å². The predicted molar refractivity (Wildman–Crippen MR) is 109 cm³/mol. The standard InChI is InChI=1S/C24H26F4O2/c1-2-29-22-12-10-20(23(27)24(22)28)17-6-8-18(9-7-17)21-11-5-16(15-30-21)14-19(26)4-3-13-25/h6-10,12,14,16,21H,2-5,11,13,15H2,1H3/b19-14-. The van der Waals surface area contributed by atoms with Crippen LogP contribution < -0.4 is 4.74 Å². The molecule has 1 saturated heterocycles. The molecule has 2 aromatic rings. The molecule has 0 aromatic heterocycles. The lowest BCUT2D eigenvalue weighted by Gasteiger charge is -2.28. The van der Waals surface area contributed by atoms with Crippen LogP contribution in [0.2, 0.25) is 0 Å². The highest BCUT2D eigenvalue weighted by molar-refractivity contribution is 5.65. The summed E-state index contributed by atoms with van der Waals surface area (Å²) in [7, 11) is 0. The average molecular weight is 422 g/mol. The van der Waals surface area contributed by atoms with Crippen molar-refractivity contribution in [1.29, 1.82) is 0 Å².